The molecule has 0 fully saturated rings. The Balaban J connectivity index is 1.91. The van der Waals surface area contributed by atoms with Crippen molar-refractivity contribution in [3.8, 4) is 0 Å². The van der Waals surface area contributed by atoms with Crippen molar-refractivity contribution >= 4 is 11.8 Å². The normalized spacial score (nSPS) is 19.9. The van der Waals surface area contributed by atoms with Gasteiger partial charge in [0.05, 0.1) is 0 Å². The van der Waals surface area contributed by atoms with Crippen LogP contribution in [0.25, 0.3) is 0 Å². The van der Waals surface area contributed by atoms with Crippen LogP contribution in [0.4, 0.5) is 0 Å². The zero-order chi connectivity index (χ0) is 14.4. The third-order valence-corrected chi connectivity index (χ3v) is 5.61. The van der Waals surface area contributed by atoms with Crippen molar-refractivity contribution in [2.75, 3.05) is 11.5 Å². The van der Waals surface area contributed by atoms with E-state index in [1.165, 1.54) is 31.4 Å². The molecule has 0 radical (unpaired) electrons. The zero-order valence-corrected chi connectivity index (χ0v) is 13.6. The lowest BCUT2D eigenvalue weighted by Gasteiger charge is -2.28. The molecule has 2 unspecified atom stereocenters. The van der Waals surface area contributed by atoms with Crippen LogP contribution in [0.3, 0.4) is 0 Å². The average Bonchev–Trinajstić information content (AvgIpc) is 2.46. The molecule has 2 rings (SSSR count). The molecular formula is C17H28N2S. The van der Waals surface area contributed by atoms with Crippen molar-refractivity contribution < 1.29 is 0 Å². The molecule has 0 heterocycles. The molecule has 1 aromatic rings. The molecular weight excluding hydrogens is 264 g/mol. The highest BCUT2D eigenvalue weighted by Gasteiger charge is 2.22. The van der Waals surface area contributed by atoms with Gasteiger partial charge in [0.1, 0.15) is 0 Å². The van der Waals surface area contributed by atoms with Gasteiger partial charge in [-0.1, -0.05) is 38.1 Å². The number of hydrogen-bond acceptors (Lipinski definition) is 3. The van der Waals surface area contributed by atoms with Gasteiger partial charge in [-0.25, -0.2) is 0 Å². The molecule has 0 spiro atoms. The van der Waals surface area contributed by atoms with Gasteiger partial charge in [0, 0.05) is 11.8 Å². The van der Waals surface area contributed by atoms with Crippen LogP contribution in [0.5, 0.6) is 0 Å². The fourth-order valence-electron chi connectivity index (χ4n) is 3.07. The largest absolute Gasteiger partial charge is 0.271 e. The number of rotatable bonds is 7. The second-order valence-corrected chi connectivity index (χ2v) is 7.39. The minimum atomic E-state index is 0.426. The minimum Gasteiger partial charge on any atom is -0.271 e. The lowest BCUT2D eigenvalue weighted by Crippen LogP contribution is -2.38. The molecule has 3 N–H and O–H groups in total. The summed E-state index contributed by atoms with van der Waals surface area (Å²) in [5.74, 6) is 9.54. The van der Waals surface area contributed by atoms with Gasteiger partial charge in [0.2, 0.25) is 0 Å². The van der Waals surface area contributed by atoms with Gasteiger partial charge in [-0.3, -0.25) is 11.3 Å². The topological polar surface area (TPSA) is 38.0 Å². The molecule has 2 atom stereocenters. The quantitative estimate of drug-likeness (QED) is 0.594. The van der Waals surface area contributed by atoms with Crippen molar-refractivity contribution in [3.05, 3.63) is 35.4 Å². The van der Waals surface area contributed by atoms with E-state index in [0.717, 1.165) is 11.7 Å². The Morgan fingerprint density at radius 2 is 2.10 bits per heavy atom. The van der Waals surface area contributed by atoms with E-state index < -0.39 is 0 Å². The Morgan fingerprint density at radius 1 is 1.30 bits per heavy atom. The number of hydrogen-bond donors (Lipinski definition) is 2. The summed E-state index contributed by atoms with van der Waals surface area (Å²) in [6.07, 6.45) is 5.04. The number of aryl methyl sites for hydroxylation is 1. The van der Waals surface area contributed by atoms with Crippen LogP contribution >= 0.6 is 11.8 Å². The van der Waals surface area contributed by atoms with Gasteiger partial charge in [-0.15, -0.1) is 0 Å². The van der Waals surface area contributed by atoms with Gasteiger partial charge in [0.15, 0.2) is 0 Å². The zero-order valence-electron chi connectivity index (χ0n) is 12.8. The smallest absolute Gasteiger partial charge is 0.0306 e. The molecule has 112 valence electrons. The standard InChI is InChI=1S/C17H28N2S/c1-13(2)11-20-12-16(19-18)10-15-8-5-7-14-6-3-4-9-17(14)15/h3-4,6,9,13,15-16,19H,5,7-8,10-12,18H2,1-2H3. The molecule has 1 aromatic carbocycles. The molecule has 2 nitrogen and oxygen atoms in total. The Kier molecular flexibility index (Phi) is 6.40. The Bertz CT molecular complexity index is 406. The molecule has 0 amide bonds. The van der Waals surface area contributed by atoms with Gasteiger partial charge >= 0.3 is 0 Å². The van der Waals surface area contributed by atoms with Crippen LogP contribution in [-0.4, -0.2) is 17.5 Å². The van der Waals surface area contributed by atoms with Gasteiger partial charge < -0.3 is 0 Å². The van der Waals surface area contributed by atoms with Gasteiger partial charge in [0.25, 0.3) is 0 Å². The molecule has 0 aliphatic heterocycles. The number of nitrogens with one attached hydrogen (secondary N) is 1. The summed E-state index contributed by atoms with van der Waals surface area (Å²) in [5, 5.41) is 0. The molecule has 20 heavy (non-hydrogen) atoms. The highest BCUT2D eigenvalue weighted by Crippen LogP contribution is 2.34. The molecule has 1 aliphatic rings. The fourth-order valence-corrected chi connectivity index (χ4v) is 4.20. The van der Waals surface area contributed by atoms with E-state index in [9.17, 15) is 0 Å². The average molecular weight is 292 g/mol. The number of thioether (sulfide) groups is 1. The van der Waals surface area contributed by atoms with Crippen molar-refractivity contribution in [2.24, 2.45) is 11.8 Å². The summed E-state index contributed by atoms with van der Waals surface area (Å²) in [5.41, 5.74) is 6.15. The monoisotopic (exact) mass is 292 g/mol. The summed E-state index contributed by atoms with van der Waals surface area (Å²) in [6, 6.07) is 9.37. The summed E-state index contributed by atoms with van der Waals surface area (Å²) in [6.45, 7) is 4.55. The van der Waals surface area contributed by atoms with Crippen molar-refractivity contribution in [1.29, 1.82) is 0 Å². The third kappa shape index (κ3) is 4.51. The lowest BCUT2D eigenvalue weighted by molar-refractivity contribution is 0.440. The number of fused-ring (bicyclic) bond motifs is 1. The molecule has 3 heteroatoms. The highest BCUT2D eigenvalue weighted by molar-refractivity contribution is 7.99. The Labute approximate surface area is 127 Å². The summed E-state index contributed by atoms with van der Waals surface area (Å²) in [7, 11) is 0. The molecule has 1 aliphatic carbocycles. The van der Waals surface area contributed by atoms with E-state index in [4.69, 9.17) is 5.84 Å². The summed E-state index contributed by atoms with van der Waals surface area (Å²) in [4.78, 5) is 0. The number of nitrogens with two attached hydrogens (primary N) is 1. The van der Waals surface area contributed by atoms with Gasteiger partial charge in [-0.2, -0.15) is 11.8 Å². The van der Waals surface area contributed by atoms with Crippen LogP contribution in [-0.2, 0) is 6.42 Å². The number of hydrazine groups is 1. The first kappa shape index (κ1) is 15.9. The Morgan fingerprint density at radius 3 is 2.85 bits per heavy atom. The SMILES string of the molecule is CC(C)CSCC(CC1CCCc2ccccc21)NN. The van der Waals surface area contributed by atoms with E-state index >= 15 is 0 Å². The third-order valence-electron chi connectivity index (χ3n) is 4.07. The first-order valence-corrected chi connectivity index (χ1v) is 8.97. The predicted molar refractivity (Wildman–Crippen MR) is 90.0 cm³/mol. The predicted octanol–water partition coefficient (Wildman–Crippen LogP) is 3.72. The maximum atomic E-state index is 5.76. The van der Waals surface area contributed by atoms with E-state index in [-0.39, 0.29) is 0 Å². The maximum Gasteiger partial charge on any atom is 0.0306 e. The molecule has 0 bridgehead atoms. The van der Waals surface area contributed by atoms with Crippen LogP contribution in [0.1, 0.15) is 50.2 Å². The number of benzene rings is 1. The molecule has 0 aromatic heterocycles. The van der Waals surface area contributed by atoms with Crippen LogP contribution in [0.15, 0.2) is 24.3 Å². The van der Waals surface area contributed by atoms with E-state index in [1.54, 1.807) is 11.1 Å². The van der Waals surface area contributed by atoms with Crippen molar-refractivity contribution in [1.82, 2.24) is 5.43 Å². The van der Waals surface area contributed by atoms with E-state index in [1.807, 2.05) is 11.8 Å². The summed E-state index contributed by atoms with van der Waals surface area (Å²) < 4.78 is 0. The minimum absolute atomic E-state index is 0.426. The van der Waals surface area contributed by atoms with E-state index in [0.29, 0.717) is 12.0 Å². The fraction of sp³-hybridized carbons (Fsp3) is 0.647. The molecule has 0 saturated heterocycles. The maximum absolute atomic E-state index is 5.76. The van der Waals surface area contributed by atoms with Crippen LogP contribution < -0.4 is 11.3 Å². The van der Waals surface area contributed by atoms with Crippen molar-refractivity contribution in [2.45, 2.75) is 51.5 Å². The van der Waals surface area contributed by atoms with Crippen molar-refractivity contribution in [3.63, 3.8) is 0 Å². The second-order valence-electron chi connectivity index (χ2n) is 6.32. The Hall–Kier alpha value is -0.510. The molecule has 0 saturated carbocycles. The highest BCUT2D eigenvalue weighted by atomic mass is 32.2. The first-order chi connectivity index (χ1) is 9.70. The first-order valence-electron chi connectivity index (χ1n) is 7.82. The second kappa shape index (κ2) is 8.06. The van der Waals surface area contributed by atoms with Gasteiger partial charge in [-0.05, 0) is 54.4 Å². The lowest BCUT2D eigenvalue weighted by atomic mass is 9.80. The van der Waals surface area contributed by atoms with Crippen LogP contribution in [0, 0.1) is 5.92 Å². The van der Waals surface area contributed by atoms with E-state index in [2.05, 4.69) is 43.5 Å². The van der Waals surface area contributed by atoms with Crippen LogP contribution in [0.2, 0.25) is 0 Å². The summed E-state index contributed by atoms with van der Waals surface area (Å²) >= 11 is 2.02.